The highest BCUT2D eigenvalue weighted by Crippen LogP contribution is 2.32. The normalized spacial score (nSPS) is 23.5. The first-order valence-corrected chi connectivity index (χ1v) is 5.31. The summed E-state index contributed by atoms with van der Waals surface area (Å²) in [7, 11) is 0. The largest absolute Gasteiger partial charge is 0.772 e. The van der Waals surface area contributed by atoms with E-state index in [0.717, 1.165) is 19.3 Å². The molecule has 13 heavy (non-hydrogen) atoms. The molecule has 1 fully saturated rings. The second-order valence-corrected chi connectivity index (χ2v) is 4.51. The lowest BCUT2D eigenvalue weighted by atomic mass is 9.88. The Morgan fingerprint density at radius 3 is 2.31 bits per heavy atom. The molecule has 1 saturated carbocycles. The van der Waals surface area contributed by atoms with Crippen molar-refractivity contribution in [3.05, 3.63) is 0 Å². The highest BCUT2D eigenvalue weighted by Gasteiger charge is 2.40. The number of hydrogen-bond acceptors (Lipinski definition) is 4. The molecule has 0 bridgehead atoms. The summed E-state index contributed by atoms with van der Waals surface area (Å²) in [5.41, 5.74) is 1.92. The Balaban J connectivity index is 2.85. The van der Waals surface area contributed by atoms with Gasteiger partial charge in [-0.15, -0.1) is 0 Å². The maximum Gasteiger partial charge on any atom is 0.251 e. The van der Waals surface area contributed by atoms with Gasteiger partial charge in [-0.3, -0.25) is 14.4 Å². The van der Waals surface area contributed by atoms with Crippen molar-refractivity contribution in [2.45, 2.75) is 36.9 Å². The predicted octanol–water partition coefficient (Wildman–Crippen LogP) is -0.442. The number of amides is 1. The lowest BCUT2D eigenvalue weighted by molar-refractivity contribution is -0.124. The number of hydrazine groups is 1. The van der Waals surface area contributed by atoms with Crippen molar-refractivity contribution < 1.29 is 13.6 Å². The van der Waals surface area contributed by atoms with Gasteiger partial charge < -0.3 is 4.55 Å². The molecule has 0 aliphatic heterocycles. The topological polar surface area (TPSA) is 95.2 Å². The van der Waals surface area contributed by atoms with E-state index in [1.54, 1.807) is 0 Å². The lowest BCUT2D eigenvalue weighted by Gasteiger charge is -2.36. The minimum Gasteiger partial charge on any atom is -0.772 e. The van der Waals surface area contributed by atoms with Gasteiger partial charge in [0.15, 0.2) is 0 Å². The third-order valence-corrected chi connectivity index (χ3v) is 3.76. The number of nitrogens with two attached hydrogens (primary N) is 1. The average molecular weight is 205 g/mol. The van der Waals surface area contributed by atoms with Gasteiger partial charge >= 0.3 is 0 Å². The maximum atomic E-state index is 11.3. The van der Waals surface area contributed by atoms with E-state index in [0.29, 0.717) is 12.8 Å². The molecule has 0 spiro atoms. The Morgan fingerprint density at radius 1 is 1.38 bits per heavy atom. The molecule has 0 aromatic rings. The van der Waals surface area contributed by atoms with Crippen LogP contribution in [0.1, 0.15) is 32.1 Å². The average Bonchev–Trinajstić information content (AvgIpc) is 2.17. The first-order chi connectivity index (χ1) is 6.13. The first kappa shape index (κ1) is 10.6. The van der Waals surface area contributed by atoms with Crippen molar-refractivity contribution >= 4 is 17.0 Å². The van der Waals surface area contributed by atoms with Gasteiger partial charge in [-0.25, -0.2) is 5.84 Å². The summed E-state index contributed by atoms with van der Waals surface area (Å²) < 4.78 is 20.6. The monoisotopic (exact) mass is 205 g/mol. The van der Waals surface area contributed by atoms with Gasteiger partial charge in [-0.05, 0) is 23.9 Å². The summed E-state index contributed by atoms with van der Waals surface area (Å²) in [5, 5.41) is 0. The van der Waals surface area contributed by atoms with Crippen LogP contribution in [-0.2, 0) is 15.9 Å². The van der Waals surface area contributed by atoms with Crippen molar-refractivity contribution in [3.8, 4) is 0 Å². The van der Waals surface area contributed by atoms with Gasteiger partial charge in [0, 0.05) is 0 Å². The zero-order chi connectivity index (χ0) is 9.90. The number of nitrogens with one attached hydrogen (secondary N) is 1. The van der Waals surface area contributed by atoms with Crippen LogP contribution >= 0.6 is 0 Å². The van der Waals surface area contributed by atoms with Crippen molar-refractivity contribution in [2.75, 3.05) is 0 Å². The molecule has 6 heteroatoms. The van der Waals surface area contributed by atoms with Crippen molar-refractivity contribution in [2.24, 2.45) is 5.84 Å². The van der Waals surface area contributed by atoms with Crippen LogP contribution in [0.3, 0.4) is 0 Å². The molecule has 0 aromatic heterocycles. The molecule has 1 unspecified atom stereocenters. The van der Waals surface area contributed by atoms with Crippen LogP contribution in [0.4, 0.5) is 0 Å². The van der Waals surface area contributed by atoms with E-state index in [1.807, 2.05) is 5.43 Å². The van der Waals surface area contributed by atoms with Crippen LogP contribution < -0.4 is 11.3 Å². The minimum atomic E-state index is -2.38. The van der Waals surface area contributed by atoms with Gasteiger partial charge in [0.2, 0.25) is 0 Å². The van der Waals surface area contributed by atoms with Gasteiger partial charge in [0.05, 0.1) is 0 Å². The van der Waals surface area contributed by atoms with Gasteiger partial charge in [-0.1, -0.05) is 19.3 Å². The molecular formula is C7H13N2O3S-. The summed E-state index contributed by atoms with van der Waals surface area (Å²) in [6, 6.07) is 0. The van der Waals surface area contributed by atoms with Crippen molar-refractivity contribution in [1.29, 1.82) is 0 Å². The first-order valence-electron chi connectivity index (χ1n) is 4.24. The number of carbonyl (C=O) groups is 1. The predicted molar refractivity (Wildman–Crippen MR) is 47.1 cm³/mol. The summed E-state index contributed by atoms with van der Waals surface area (Å²) in [6.45, 7) is 0. The Kier molecular flexibility index (Phi) is 3.40. The highest BCUT2D eigenvalue weighted by molar-refractivity contribution is 7.81. The van der Waals surface area contributed by atoms with E-state index >= 15 is 0 Å². The number of carbonyl (C=O) groups excluding carboxylic acids is 1. The zero-order valence-electron chi connectivity index (χ0n) is 7.25. The van der Waals surface area contributed by atoms with Crippen LogP contribution in [0.5, 0.6) is 0 Å². The van der Waals surface area contributed by atoms with Crippen LogP contribution in [0, 0.1) is 0 Å². The third kappa shape index (κ3) is 1.90. The fourth-order valence-electron chi connectivity index (χ4n) is 1.72. The fraction of sp³-hybridized carbons (Fsp3) is 0.857. The van der Waals surface area contributed by atoms with E-state index in [2.05, 4.69) is 0 Å². The van der Waals surface area contributed by atoms with Gasteiger partial charge in [0.1, 0.15) is 4.75 Å². The number of rotatable bonds is 2. The summed E-state index contributed by atoms with van der Waals surface area (Å²) in [4.78, 5) is 11.3. The molecule has 1 rings (SSSR count). The summed E-state index contributed by atoms with van der Waals surface area (Å²) in [5.74, 6) is 4.37. The second kappa shape index (κ2) is 4.17. The molecule has 76 valence electrons. The van der Waals surface area contributed by atoms with Crippen LogP contribution in [0.2, 0.25) is 0 Å². The van der Waals surface area contributed by atoms with Gasteiger partial charge in [-0.2, -0.15) is 0 Å². The number of hydrogen-bond donors (Lipinski definition) is 2. The molecular weight excluding hydrogens is 192 g/mol. The lowest BCUT2D eigenvalue weighted by Crippen LogP contribution is -2.53. The smallest absolute Gasteiger partial charge is 0.251 e. The molecule has 5 nitrogen and oxygen atoms in total. The third-order valence-electron chi connectivity index (χ3n) is 2.53. The van der Waals surface area contributed by atoms with E-state index in [4.69, 9.17) is 5.84 Å². The zero-order valence-corrected chi connectivity index (χ0v) is 8.06. The molecule has 3 N–H and O–H groups in total. The van der Waals surface area contributed by atoms with Crippen LogP contribution in [0.15, 0.2) is 0 Å². The molecule has 1 atom stereocenters. The standard InChI is InChI=1S/C7H14N2O3S/c8-9-6(10)7(13(11)12)4-2-1-3-5-7/h1-5,8H2,(H,9,10)(H,11,12)/p-1. The Hall–Kier alpha value is -0.460. The highest BCUT2D eigenvalue weighted by atomic mass is 32.2. The Labute approximate surface area is 79.3 Å². The minimum absolute atomic E-state index is 0.381. The van der Waals surface area contributed by atoms with E-state index in [9.17, 15) is 13.6 Å². The molecule has 0 radical (unpaired) electrons. The second-order valence-electron chi connectivity index (χ2n) is 3.26. The van der Waals surface area contributed by atoms with Crippen LogP contribution in [0.25, 0.3) is 0 Å². The van der Waals surface area contributed by atoms with Crippen LogP contribution in [-0.4, -0.2) is 19.4 Å². The molecule has 0 aromatic carbocycles. The molecule has 0 saturated heterocycles. The van der Waals surface area contributed by atoms with E-state index in [-0.39, 0.29) is 0 Å². The van der Waals surface area contributed by atoms with E-state index in [1.165, 1.54) is 0 Å². The van der Waals surface area contributed by atoms with E-state index < -0.39 is 21.7 Å². The van der Waals surface area contributed by atoms with Crippen molar-refractivity contribution in [3.63, 3.8) is 0 Å². The van der Waals surface area contributed by atoms with Gasteiger partial charge in [0.25, 0.3) is 5.91 Å². The molecule has 1 aliphatic rings. The van der Waals surface area contributed by atoms with Crippen molar-refractivity contribution in [1.82, 2.24) is 5.43 Å². The quantitative estimate of drug-likeness (QED) is 0.276. The summed E-state index contributed by atoms with van der Waals surface area (Å²) in [6.07, 6.45) is 3.28. The molecule has 1 aliphatic carbocycles. The molecule has 1 amide bonds. The SMILES string of the molecule is NNC(=O)C1(S(=O)[O-])CCCCC1. The Morgan fingerprint density at radius 2 is 1.92 bits per heavy atom. The summed E-state index contributed by atoms with van der Waals surface area (Å²) >= 11 is -2.38. The fourth-order valence-corrected chi connectivity index (χ4v) is 2.56. The molecule has 0 heterocycles. The maximum absolute atomic E-state index is 11.3. The Bertz CT molecular complexity index is 226.